The number of nitrogens with two attached hydrogens (primary N) is 1. The van der Waals surface area contributed by atoms with E-state index in [1.54, 1.807) is 24.3 Å². The maximum atomic E-state index is 12.6. The van der Waals surface area contributed by atoms with Gasteiger partial charge in [-0.05, 0) is 31.2 Å². The van der Waals surface area contributed by atoms with Gasteiger partial charge in [0.05, 0.1) is 18.5 Å². The van der Waals surface area contributed by atoms with Gasteiger partial charge in [0.15, 0.2) is 5.75 Å². The molecule has 0 radical (unpaired) electrons. The largest absolute Gasteiger partial charge is 0.494 e. The summed E-state index contributed by atoms with van der Waals surface area (Å²) >= 11 is 0. The molecule has 0 aliphatic carbocycles. The molecule has 1 aromatic heterocycles. The average Bonchev–Trinajstić information content (AvgIpc) is 2.42. The smallest absolute Gasteiger partial charge is 0.433 e. The Kier molecular flexibility index (Phi) is 4.21. The summed E-state index contributed by atoms with van der Waals surface area (Å²) in [5.74, 6) is 0.898. The molecule has 2 rings (SSSR count). The van der Waals surface area contributed by atoms with Gasteiger partial charge in [-0.3, -0.25) is 0 Å². The predicted octanol–water partition coefficient (Wildman–Crippen LogP) is 3.87. The van der Waals surface area contributed by atoms with Crippen LogP contribution in [-0.2, 0) is 6.18 Å². The van der Waals surface area contributed by atoms with Gasteiger partial charge in [0, 0.05) is 6.07 Å². The first-order chi connectivity index (χ1) is 9.90. The fourth-order valence-corrected chi connectivity index (χ4v) is 1.59. The average molecular weight is 298 g/mol. The maximum Gasteiger partial charge on any atom is 0.433 e. The van der Waals surface area contributed by atoms with Crippen LogP contribution in [-0.4, -0.2) is 11.6 Å². The summed E-state index contributed by atoms with van der Waals surface area (Å²) in [5.41, 5.74) is 4.55. The fourth-order valence-electron chi connectivity index (χ4n) is 1.59. The normalized spacial score (nSPS) is 11.2. The molecule has 0 saturated heterocycles. The fraction of sp³-hybridized carbons (Fsp3) is 0.214. The van der Waals surface area contributed by atoms with Crippen molar-refractivity contribution in [3.8, 4) is 17.2 Å². The molecular weight excluding hydrogens is 285 g/mol. The third kappa shape index (κ3) is 3.77. The number of nitrogens with zero attached hydrogens (tertiary/aromatic N) is 1. The van der Waals surface area contributed by atoms with E-state index in [1.165, 1.54) is 0 Å². The first-order valence-corrected chi connectivity index (χ1v) is 6.13. The number of hydrogen-bond acceptors (Lipinski definition) is 4. The van der Waals surface area contributed by atoms with Crippen LogP contribution in [0.25, 0.3) is 0 Å². The number of aromatic nitrogens is 1. The highest BCUT2D eigenvalue weighted by Gasteiger charge is 2.33. The minimum atomic E-state index is -4.55. The summed E-state index contributed by atoms with van der Waals surface area (Å²) in [6.07, 6.45) is -3.63. The van der Waals surface area contributed by atoms with Gasteiger partial charge in [0.25, 0.3) is 0 Å². The summed E-state index contributed by atoms with van der Waals surface area (Å²) in [4.78, 5) is 3.24. The van der Waals surface area contributed by atoms with Crippen molar-refractivity contribution in [2.75, 3.05) is 12.3 Å². The van der Waals surface area contributed by atoms with E-state index >= 15 is 0 Å². The van der Waals surface area contributed by atoms with Gasteiger partial charge in [-0.25, -0.2) is 4.98 Å². The van der Waals surface area contributed by atoms with Crippen molar-refractivity contribution in [2.45, 2.75) is 13.1 Å². The quantitative estimate of drug-likeness (QED) is 0.930. The number of benzene rings is 1. The van der Waals surface area contributed by atoms with E-state index in [1.807, 2.05) is 6.92 Å². The van der Waals surface area contributed by atoms with Gasteiger partial charge in [0.2, 0.25) is 0 Å². The molecule has 4 nitrogen and oxygen atoms in total. The molecule has 1 aromatic carbocycles. The Morgan fingerprint density at radius 1 is 1.14 bits per heavy atom. The first-order valence-electron chi connectivity index (χ1n) is 6.13. The van der Waals surface area contributed by atoms with Crippen molar-refractivity contribution < 1.29 is 22.6 Å². The van der Waals surface area contributed by atoms with Gasteiger partial charge in [-0.2, -0.15) is 13.2 Å². The molecule has 0 aliphatic rings. The Hall–Kier alpha value is -2.44. The lowest BCUT2D eigenvalue weighted by Crippen LogP contribution is -2.08. The second kappa shape index (κ2) is 5.90. The molecule has 1 heterocycles. The van der Waals surface area contributed by atoms with Crippen LogP contribution in [0, 0.1) is 0 Å². The van der Waals surface area contributed by atoms with E-state index in [0.717, 1.165) is 12.3 Å². The molecule has 7 heteroatoms. The van der Waals surface area contributed by atoms with Crippen molar-refractivity contribution in [1.82, 2.24) is 4.98 Å². The zero-order chi connectivity index (χ0) is 15.5. The van der Waals surface area contributed by atoms with Crippen LogP contribution >= 0.6 is 0 Å². The Morgan fingerprint density at radius 2 is 1.76 bits per heavy atom. The van der Waals surface area contributed by atoms with E-state index in [2.05, 4.69) is 4.98 Å². The summed E-state index contributed by atoms with van der Waals surface area (Å²) in [6.45, 7) is 2.37. The highest BCUT2D eigenvalue weighted by molar-refractivity contribution is 5.53. The minimum Gasteiger partial charge on any atom is -0.494 e. The van der Waals surface area contributed by atoms with Crippen molar-refractivity contribution in [1.29, 1.82) is 0 Å². The Labute approximate surface area is 119 Å². The molecule has 2 N–H and O–H groups in total. The lowest BCUT2D eigenvalue weighted by Gasteiger charge is -2.12. The Morgan fingerprint density at radius 3 is 2.33 bits per heavy atom. The van der Waals surface area contributed by atoms with Crippen LogP contribution in [0.2, 0.25) is 0 Å². The van der Waals surface area contributed by atoms with Gasteiger partial charge >= 0.3 is 6.18 Å². The number of alkyl halides is 3. The molecule has 0 aliphatic heterocycles. The van der Waals surface area contributed by atoms with E-state index < -0.39 is 11.9 Å². The summed E-state index contributed by atoms with van der Waals surface area (Å²) in [5, 5.41) is 0. The van der Waals surface area contributed by atoms with Gasteiger partial charge < -0.3 is 15.2 Å². The molecule has 0 spiro atoms. The van der Waals surface area contributed by atoms with Crippen LogP contribution in [0.5, 0.6) is 17.2 Å². The molecule has 0 fully saturated rings. The number of hydrogen-bond donors (Lipinski definition) is 1. The van der Waals surface area contributed by atoms with Crippen molar-refractivity contribution in [3.63, 3.8) is 0 Å². The third-order valence-corrected chi connectivity index (χ3v) is 2.55. The molecule has 0 bridgehead atoms. The number of ether oxygens (including phenoxy) is 2. The van der Waals surface area contributed by atoms with Gasteiger partial charge in [-0.15, -0.1) is 0 Å². The molecular formula is C14H13F3N2O2. The molecule has 0 unspecified atom stereocenters. The second-order valence-electron chi connectivity index (χ2n) is 4.11. The van der Waals surface area contributed by atoms with Crippen molar-refractivity contribution >= 4 is 5.69 Å². The lowest BCUT2D eigenvalue weighted by atomic mass is 10.3. The van der Waals surface area contributed by atoms with E-state index in [-0.39, 0.29) is 11.4 Å². The number of rotatable bonds is 4. The molecule has 0 amide bonds. The SMILES string of the molecule is CCOc1ccc(Oc2cc(C(F)(F)F)ncc2N)cc1. The van der Waals surface area contributed by atoms with E-state index in [4.69, 9.17) is 15.2 Å². The zero-order valence-electron chi connectivity index (χ0n) is 11.1. The van der Waals surface area contributed by atoms with Crippen LogP contribution < -0.4 is 15.2 Å². The predicted molar refractivity (Wildman–Crippen MR) is 71.3 cm³/mol. The molecule has 0 atom stereocenters. The summed E-state index contributed by atoms with van der Waals surface area (Å²) in [7, 11) is 0. The highest BCUT2D eigenvalue weighted by atomic mass is 19.4. The summed E-state index contributed by atoms with van der Waals surface area (Å²) < 4.78 is 48.4. The lowest BCUT2D eigenvalue weighted by molar-refractivity contribution is -0.141. The molecule has 0 saturated carbocycles. The minimum absolute atomic E-state index is 0.0249. The third-order valence-electron chi connectivity index (χ3n) is 2.55. The number of nitrogen functional groups attached to an aromatic ring is 1. The molecule has 112 valence electrons. The van der Waals surface area contributed by atoms with Gasteiger partial charge in [0.1, 0.15) is 17.2 Å². The van der Waals surface area contributed by atoms with Crippen LogP contribution in [0.1, 0.15) is 12.6 Å². The molecule has 21 heavy (non-hydrogen) atoms. The standard InChI is InChI=1S/C14H13F3N2O2/c1-2-20-9-3-5-10(6-4-9)21-12-7-13(14(15,16)17)19-8-11(12)18/h3-8H,2,18H2,1H3. The second-order valence-corrected chi connectivity index (χ2v) is 4.11. The van der Waals surface area contributed by atoms with Crippen LogP contribution in [0.15, 0.2) is 36.5 Å². The van der Waals surface area contributed by atoms with Crippen molar-refractivity contribution in [2.24, 2.45) is 0 Å². The number of anilines is 1. The number of pyridine rings is 1. The van der Waals surface area contributed by atoms with Gasteiger partial charge in [-0.1, -0.05) is 0 Å². The van der Waals surface area contributed by atoms with Crippen LogP contribution in [0.3, 0.4) is 0 Å². The Bertz CT molecular complexity index is 613. The molecule has 2 aromatic rings. The first kappa shape index (κ1) is 15.0. The highest BCUT2D eigenvalue weighted by Crippen LogP contribution is 2.34. The Balaban J connectivity index is 2.22. The zero-order valence-corrected chi connectivity index (χ0v) is 11.1. The summed E-state index contributed by atoms with van der Waals surface area (Å²) in [6, 6.07) is 7.24. The monoisotopic (exact) mass is 298 g/mol. The topological polar surface area (TPSA) is 57.4 Å². The maximum absolute atomic E-state index is 12.6. The van der Waals surface area contributed by atoms with Crippen molar-refractivity contribution in [3.05, 3.63) is 42.2 Å². The number of halogens is 3. The van der Waals surface area contributed by atoms with Crippen LogP contribution in [0.4, 0.5) is 18.9 Å². The van der Waals surface area contributed by atoms with E-state index in [0.29, 0.717) is 18.1 Å². The van der Waals surface area contributed by atoms with E-state index in [9.17, 15) is 13.2 Å².